The van der Waals surface area contributed by atoms with Gasteiger partial charge in [-0.25, -0.2) is 0 Å². The van der Waals surface area contributed by atoms with E-state index in [4.69, 9.17) is 4.74 Å². The standard InChI is InChI=1S/C19H18O3/c1-2-22-19-13-7-16(8-14-19)6-12-18(21)11-5-15-3-9-17(20)10-4-15/h3-14,20H,2H2,1H3/b11-5+,12-6+. The average molecular weight is 294 g/mol. The van der Waals surface area contributed by atoms with Crippen LogP contribution in [0.2, 0.25) is 0 Å². The van der Waals surface area contributed by atoms with Gasteiger partial charge in [-0.05, 0) is 54.5 Å². The van der Waals surface area contributed by atoms with Crippen molar-refractivity contribution in [1.82, 2.24) is 0 Å². The molecule has 0 saturated heterocycles. The summed E-state index contributed by atoms with van der Waals surface area (Å²) in [5, 5.41) is 9.19. The molecular formula is C19H18O3. The van der Waals surface area contributed by atoms with Crippen LogP contribution >= 0.6 is 0 Å². The van der Waals surface area contributed by atoms with E-state index in [9.17, 15) is 9.90 Å². The molecular weight excluding hydrogens is 276 g/mol. The van der Waals surface area contributed by atoms with Crippen LogP contribution in [0.25, 0.3) is 12.2 Å². The number of allylic oxidation sites excluding steroid dienone is 2. The third kappa shape index (κ3) is 4.94. The highest BCUT2D eigenvalue weighted by Crippen LogP contribution is 2.13. The number of rotatable bonds is 6. The van der Waals surface area contributed by atoms with E-state index in [0.717, 1.165) is 16.9 Å². The minimum absolute atomic E-state index is 0.0954. The summed E-state index contributed by atoms with van der Waals surface area (Å²) in [7, 11) is 0. The van der Waals surface area contributed by atoms with Gasteiger partial charge in [0.25, 0.3) is 0 Å². The fraction of sp³-hybridized carbons (Fsp3) is 0.105. The Balaban J connectivity index is 1.94. The lowest BCUT2D eigenvalue weighted by atomic mass is 10.1. The lowest BCUT2D eigenvalue weighted by molar-refractivity contribution is -0.110. The molecule has 0 spiro atoms. The molecule has 3 heteroatoms. The summed E-state index contributed by atoms with van der Waals surface area (Å²) in [6.07, 6.45) is 6.49. The molecule has 0 bridgehead atoms. The number of carbonyl (C=O) groups excluding carboxylic acids is 1. The van der Waals surface area contributed by atoms with Crippen molar-refractivity contribution >= 4 is 17.9 Å². The van der Waals surface area contributed by atoms with Gasteiger partial charge in [0.15, 0.2) is 5.78 Å². The van der Waals surface area contributed by atoms with Gasteiger partial charge in [0.1, 0.15) is 11.5 Å². The van der Waals surface area contributed by atoms with E-state index < -0.39 is 0 Å². The summed E-state index contributed by atoms with van der Waals surface area (Å²) in [4.78, 5) is 11.8. The molecule has 1 N–H and O–H groups in total. The molecule has 0 aromatic heterocycles. The topological polar surface area (TPSA) is 46.5 Å². The number of hydrogen-bond donors (Lipinski definition) is 1. The van der Waals surface area contributed by atoms with Crippen LogP contribution in [-0.2, 0) is 4.79 Å². The summed E-state index contributed by atoms with van der Waals surface area (Å²) in [6.45, 7) is 2.57. The maximum Gasteiger partial charge on any atom is 0.178 e. The summed E-state index contributed by atoms with van der Waals surface area (Å²) in [5.74, 6) is 0.930. The van der Waals surface area contributed by atoms with E-state index >= 15 is 0 Å². The molecule has 0 aliphatic carbocycles. The third-order valence-corrected chi connectivity index (χ3v) is 2.96. The molecule has 2 aromatic carbocycles. The quantitative estimate of drug-likeness (QED) is 0.816. The van der Waals surface area contributed by atoms with E-state index in [-0.39, 0.29) is 11.5 Å². The first-order valence-electron chi connectivity index (χ1n) is 7.09. The number of hydrogen-bond acceptors (Lipinski definition) is 3. The van der Waals surface area contributed by atoms with Crippen LogP contribution in [0.5, 0.6) is 11.5 Å². The van der Waals surface area contributed by atoms with Crippen molar-refractivity contribution in [1.29, 1.82) is 0 Å². The summed E-state index contributed by atoms with van der Waals surface area (Å²) in [5.41, 5.74) is 1.80. The first kappa shape index (κ1) is 15.6. The zero-order valence-corrected chi connectivity index (χ0v) is 12.4. The van der Waals surface area contributed by atoms with Gasteiger partial charge < -0.3 is 9.84 Å². The minimum atomic E-state index is -0.0954. The van der Waals surface area contributed by atoms with Gasteiger partial charge in [-0.3, -0.25) is 4.79 Å². The lowest BCUT2D eigenvalue weighted by Crippen LogP contribution is -1.90. The van der Waals surface area contributed by atoms with Crippen LogP contribution in [0.3, 0.4) is 0 Å². The Labute approximate surface area is 130 Å². The molecule has 2 aromatic rings. The molecule has 0 aliphatic rings. The molecule has 22 heavy (non-hydrogen) atoms. The van der Waals surface area contributed by atoms with Gasteiger partial charge in [-0.15, -0.1) is 0 Å². The molecule has 0 radical (unpaired) electrons. The number of benzene rings is 2. The van der Waals surface area contributed by atoms with Crippen LogP contribution in [0.1, 0.15) is 18.1 Å². The van der Waals surface area contributed by atoms with Crippen molar-refractivity contribution in [2.24, 2.45) is 0 Å². The Morgan fingerprint density at radius 2 is 1.45 bits per heavy atom. The summed E-state index contributed by atoms with van der Waals surface area (Å²) >= 11 is 0. The highest BCUT2D eigenvalue weighted by atomic mass is 16.5. The molecule has 2 rings (SSSR count). The first-order chi connectivity index (χ1) is 10.7. The second-order valence-electron chi connectivity index (χ2n) is 4.66. The number of phenolic OH excluding ortho intramolecular Hbond substituents is 1. The van der Waals surface area contributed by atoms with E-state index in [2.05, 4.69) is 0 Å². The Kier molecular flexibility index (Phi) is 5.55. The van der Waals surface area contributed by atoms with Gasteiger partial charge in [0.05, 0.1) is 6.61 Å². The van der Waals surface area contributed by atoms with E-state index in [1.807, 2.05) is 31.2 Å². The van der Waals surface area contributed by atoms with Gasteiger partial charge in [-0.2, -0.15) is 0 Å². The predicted octanol–water partition coefficient (Wildman–Crippen LogP) is 4.09. The molecule has 0 atom stereocenters. The van der Waals surface area contributed by atoms with Crippen LogP contribution in [0.15, 0.2) is 60.7 Å². The minimum Gasteiger partial charge on any atom is -0.508 e. The van der Waals surface area contributed by atoms with Crippen LogP contribution in [0.4, 0.5) is 0 Å². The molecule has 0 unspecified atom stereocenters. The third-order valence-electron chi connectivity index (χ3n) is 2.96. The second-order valence-corrected chi connectivity index (χ2v) is 4.66. The van der Waals surface area contributed by atoms with E-state index in [1.54, 1.807) is 36.4 Å². The lowest BCUT2D eigenvalue weighted by Gasteiger charge is -2.01. The zero-order chi connectivity index (χ0) is 15.8. The summed E-state index contributed by atoms with van der Waals surface area (Å²) in [6, 6.07) is 14.2. The molecule has 3 nitrogen and oxygen atoms in total. The first-order valence-corrected chi connectivity index (χ1v) is 7.09. The smallest absolute Gasteiger partial charge is 0.178 e. The SMILES string of the molecule is CCOc1ccc(/C=C/C(=O)/C=C/c2ccc(O)cc2)cc1. The van der Waals surface area contributed by atoms with Crippen molar-refractivity contribution < 1.29 is 14.6 Å². The van der Waals surface area contributed by atoms with Gasteiger partial charge >= 0.3 is 0 Å². The molecule has 0 amide bonds. The van der Waals surface area contributed by atoms with Crippen LogP contribution < -0.4 is 4.74 Å². The van der Waals surface area contributed by atoms with E-state index in [1.165, 1.54) is 12.2 Å². The Bertz CT molecular complexity index is 665. The highest BCUT2D eigenvalue weighted by Gasteiger charge is 1.94. The molecule has 0 aliphatic heterocycles. The fourth-order valence-electron chi connectivity index (χ4n) is 1.84. The maximum atomic E-state index is 11.8. The van der Waals surface area contributed by atoms with Crippen molar-refractivity contribution in [2.75, 3.05) is 6.61 Å². The number of ketones is 1. The number of phenols is 1. The van der Waals surface area contributed by atoms with Crippen molar-refractivity contribution in [2.45, 2.75) is 6.92 Å². The Hall–Kier alpha value is -2.81. The van der Waals surface area contributed by atoms with Gasteiger partial charge in [0.2, 0.25) is 0 Å². The second kappa shape index (κ2) is 7.84. The molecule has 0 saturated carbocycles. The number of carbonyl (C=O) groups is 1. The van der Waals surface area contributed by atoms with Gasteiger partial charge in [0, 0.05) is 0 Å². The van der Waals surface area contributed by atoms with Crippen molar-refractivity contribution in [3.8, 4) is 11.5 Å². The monoisotopic (exact) mass is 294 g/mol. The normalized spacial score (nSPS) is 11.1. The van der Waals surface area contributed by atoms with Crippen molar-refractivity contribution in [3.05, 3.63) is 71.8 Å². The Morgan fingerprint density at radius 3 is 1.95 bits per heavy atom. The largest absolute Gasteiger partial charge is 0.508 e. The Morgan fingerprint density at radius 1 is 0.955 bits per heavy atom. The van der Waals surface area contributed by atoms with Crippen LogP contribution in [-0.4, -0.2) is 17.5 Å². The zero-order valence-electron chi connectivity index (χ0n) is 12.4. The van der Waals surface area contributed by atoms with Crippen molar-refractivity contribution in [3.63, 3.8) is 0 Å². The molecule has 112 valence electrons. The fourth-order valence-corrected chi connectivity index (χ4v) is 1.84. The van der Waals surface area contributed by atoms with Crippen LogP contribution in [0, 0.1) is 0 Å². The van der Waals surface area contributed by atoms with Gasteiger partial charge in [-0.1, -0.05) is 36.4 Å². The molecule has 0 heterocycles. The summed E-state index contributed by atoms with van der Waals surface area (Å²) < 4.78 is 5.36. The number of ether oxygens (including phenoxy) is 1. The van der Waals surface area contributed by atoms with E-state index in [0.29, 0.717) is 6.61 Å². The highest BCUT2D eigenvalue weighted by molar-refractivity contribution is 6.04. The molecule has 0 fully saturated rings. The average Bonchev–Trinajstić information content (AvgIpc) is 2.54. The number of aromatic hydroxyl groups is 1. The maximum absolute atomic E-state index is 11.8. The predicted molar refractivity (Wildman–Crippen MR) is 88.8 cm³/mol.